The van der Waals surface area contributed by atoms with Gasteiger partial charge in [0, 0.05) is 30.7 Å². The highest BCUT2D eigenvalue weighted by molar-refractivity contribution is 7.99. The first kappa shape index (κ1) is 12.8. The third kappa shape index (κ3) is 3.95. The van der Waals surface area contributed by atoms with Crippen LogP contribution in [0.1, 0.15) is 33.1 Å². The summed E-state index contributed by atoms with van der Waals surface area (Å²) in [4.78, 5) is 4.40. The zero-order chi connectivity index (χ0) is 12.1. The Kier molecular flexibility index (Phi) is 4.77. The van der Waals surface area contributed by atoms with Crippen molar-refractivity contribution in [2.45, 2.75) is 44.9 Å². The van der Waals surface area contributed by atoms with E-state index in [9.17, 15) is 0 Å². The fourth-order valence-electron chi connectivity index (χ4n) is 2.09. The van der Waals surface area contributed by atoms with Gasteiger partial charge in [-0.1, -0.05) is 20.3 Å². The molecule has 1 atom stereocenters. The predicted molar refractivity (Wildman–Crippen MR) is 75.7 cm³/mol. The van der Waals surface area contributed by atoms with E-state index < -0.39 is 0 Å². The van der Waals surface area contributed by atoms with Crippen LogP contribution in [0.4, 0.5) is 5.95 Å². The molecule has 1 aliphatic heterocycles. The lowest BCUT2D eigenvalue weighted by atomic mass is 10.2. The van der Waals surface area contributed by atoms with Crippen LogP contribution in [0.15, 0.2) is 12.4 Å². The van der Waals surface area contributed by atoms with Crippen molar-refractivity contribution < 1.29 is 0 Å². The summed E-state index contributed by atoms with van der Waals surface area (Å²) in [6.07, 6.45) is 8.13. The van der Waals surface area contributed by atoms with E-state index in [-0.39, 0.29) is 0 Å². The van der Waals surface area contributed by atoms with Gasteiger partial charge < -0.3 is 9.88 Å². The molecule has 0 aromatic carbocycles. The summed E-state index contributed by atoms with van der Waals surface area (Å²) < 4.78 is 2.27. The summed E-state index contributed by atoms with van der Waals surface area (Å²) >= 11 is 2.12. The van der Waals surface area contributed by atoms with E-state index in [1.807, 2.05) is 6.20 Å². The van der Waals surface area contributed by atoms with Gasteiger partial charge in [0.25, 0.3) is 0 Å². The van der Waals surface area contributed by atoms with Gasteiger partial charge in [-0.2, -0.15) is 11.8 Å². The van der Waals surface area contributed by atoms with Crippen molar-refractivity contribution in [2.75, 3.05) is 17.6 Å². The van der Waals surface area contributed by atoms with Gasteiger partial charge in [0.15, 0.2) is 0 Å². The summed E-state index contributed by atoms with van der Waals surface area (Å²) in [5, 5.41) is 4.20. The Balaban J connectivity index is 1.88. The number of aromatic nitrogens is 2. The minimum absolute atomic E-state index is 0.657. The molecule has 3 nitrogen and oxygen atoms in total. The van der Waals surface area contributed by atoms with E-state index in [0.717, 1.165) is 24.3 Å². The fourth-order valence-corrected chi connectivity index (χ4v) is 3.39. The van der Waals surface area contributed by atoms with E-state index >= 15 is 0 Å². The molecule has 1 aliphatic rings. The molecule has 1 aromatic heterocycles. The topological polar surface area (TPSA) is 29.9 Å². The molecule has 0 spiro atoms. The van der Waals surface area contributed by atoms with Gasteiger partial charge in [0.1, 0.15) is 0 Å². The maximum atomic E-state index is 4.40. The van der Waals surface area contributed by atoms with E-state index in [1.165, 1.54) is 25.0 Å². The molecule has 1 N–H and O–H groups in total. The maximum Gasteiger partial charge on any atom is 0.202 e. The maximum absolute atomic E-state index is 4.40. The van der Waals surface area contributed by atoms with Gasteiger partial charge in [-0.3, -0.25) is 0 Å². The van der Waals surface area contributed by atoms with Gasteiger partial charge in [-0.05, 0) is 24.5 Å². The van der Waals surface area contributed by atoms with Crippen LogP contribution < -0.4 is 5.32 Å². The van der Waals surface area contributed by atoms with Crippen LogP contribution in [0.25, 0.3) is 0 Å². The monoisotopic (exact) mass is 253 g/mol. The first-order chi connectivity index (χ1) is 8.25. The van der Waals surface area contributed by atoms with Crippen LogP contribution in [0.2, 0.25) is 0 Å². The van der Waals surface area contributed by atoms with Crippen molar-refractivity contribution in [1.82, 2.24) is 9.55 Å². The standard InChI is InChI=1S/C13H23N3S/c1-11(2)9-15-13-14-6-7-16(13)10-12-5-3-4-8-17-12/h6-7,11-12H,3-5,8-10H2,1-2H3,(H,14,15). The highest BCUT2D eigenvalue weighted by Gasteiger charge is 2.15. The molecule has 0 radical (unpaired) electrons. The second-order valence-corrected chi connectivity index (χ2v) is 6.57. The first-order valence-electron chi connectivity index (χ1n) is 6.62. The summed E-state index contributed by atoms with van der Waals surface area (Å²) in [6.45, 7) is 6.54. The van der Waals surface area contributed by atoms with E-state index in [0.29, 0.717) is 5.92 Å². The number of hydrogen-bond donors (Lipinski definition) is 1. The zero-order valence-electron chi connectivity index (χ0n) is 10.9. The van der Waals surface area contributed by atoms with Crippen LogP contribution >= 0.6 is 11.8 Å². The van der Waals surface area contributed by atoms with Crippen molar-refractivity contribution in [3.63, 3.8) is 0 Å². The number of hydrogen-bond acceptors (Lipinski definition) is 3. The number of anilines is 1. The largest absolute Gasteiger partial charge is 0.355 e. The SMILES string of the molecule is CC(C)CNc1nccn1CC1CCCCS1. The van der Waals surface area contributed by atoms with Crippen LogP contribution in [0, 0.1) is 5.92 Å². The molecule has 0 bridgehead atoms. The van der Waals surface area contributed by atoms with Crippen molar-refractivity contribution in [2.24, 2.45) is 5.92 Å². The van der Waals surface area contributed by atoms with Gasteiger partial charge in [0.05, 0.1) is 0 Å². The number of nitrogens with one attached hydrogen (secondary N) is 1. The Labute approximate surface area is 108 Å². The van der Waals surface area contributed by atoms with Gasteiger partial charge in [-0.25, -0.2) is 4.98 Å². The highest BCUT2D eigenvalue weighted by Crippen LogP contribution is 2.27. The number of rotatable bonds is 5. The Morgan fingerprint density at radius 2 is 2.41 bits per heavy atom. The van der Waals surface area contributed by atoms with E-state index in [4.69, 9.17) is 0 Å². The van der Waals surface area contributed by atoms with Crippen LogP contribution in [-0.2, 0) is 6.54 Å². The Morgan fingerprint density at radius 1 is 1.53 bits per heavy atom. The quantitative estimate of drug-likeness (QED) is 0.873. The van der Waals surface area contributed by atoms with Crippen molar-refractivity contribution in [1.29, 1.82) is 0 Å². The summed E-state index contributed by atoms with van der Waals surface area (Å²) in [5.74, 6) is 3.02. The van der Waals surface area contributed by atoms with Crippen molar-refractivity contribution in [3.8, 4) is 0 Å². The average Bonchev–Trinajstić information content (AvgIpc) is 2.75. The molecular weight excluding hydrogens is 230 g/mol. The van der Waals surface area contributed by atoms with Gasteiger partial charge >= 0.3 is 0 Å². The molecule has 1 saturated heterocycles. The molecule has 17 heavy (non-hydrogen) atoms. The van der Waals surface area contributed by atoms with E-state index in [1.54, 1.807) is 0 Å². The smallest absolute Gasteiger partial charge is 0.202 e. The Bertz CT molecular complexity index is 329. The molecule has 1 fully saturated rings. The minimum Gasteiger partial charge on any atom is -0.355 e. The third-order valence-electron chi connectivity index (χ3n) is 3.06. The second kappa shape index (κ2) is 6.34. The molecule has 4 heteroatoms. The Morgan fingerprint density at radius 3 is 3.12 bits per heavy atom. The Hall–Kier alpha value is -0.640. The predicted octanol–water partition coefficient (Wildman–Crippen LogP) is 3.24. The van der Waals surface area contributed by atoms with Gasteiger partial charge in [0.2, 0.25) is 5.95 Å². The molecule has 2 heterocycles. The van der Waals surface area contributed by atoms with Crippen LogP contribution in [-0.4, -0.2) is 27.1 Å². The third-order valence-corrected chi connectivity index (χ3v) is 4.44. The van der Waals surface area contributed by atoms with E-state index in [2.05, 4.69) is 46.7 Å². The summed E-state index contributed by atoms with van der Waals surface area (Å²) in [7, 11) is 0. The molecule has 2 rings (SSSR count). The molecule has 0 saturated carbocycles. The second-order valence-electron chi connectivity index (χ2n) is 5.17. The van der Waals surface area contributed by atoms with Crippen molar-refractivity contribution in [3.05, 3.63) is 12.4 Å². The number of nitrogens with zero attached hydrogens (tertiary/aromatic N) is 2. The molecule has 96 valence electrons. The van der Waals surface area contributed by atoms with Gasteiger partial charge in [-0.15, -0.1) is 0 Å². The molecule has 0 amide bonds. The molecule has 1 aromatic rings. The number of thioether (sulfide) groups is 1. The lowest BCUT2D eigenvalue weighted by Crippen LogP contribution is -2.19. The first-order valence-corrected chi connectivity index (χ1v) is 7.67. The summed E-state index contributed by atoms with van der Waals surface area (Å²) in [5.41, 5.74) is 0. The lowest BCUT2D eigenvalue weighted by molar-refractivity contribution is 0.582. The molecule has 0 aliphatic carbocycles. The van der Waals surface area contributed by atoms with Crippen LogP contribution in [0.5, 0.6) is 0 Å². The zero-order valence-corrected chi connectivity index (χ0v) is 11.7. The lowest BCUT2D eigenvalue weighted by Gasteiger charge is -2.22. The fraction of sp³-hybridized carbons (Fsp3) is 0.769. The molecule has 1 unspecified atom stereocenters. The minimum atomic E-state index is 0.657. The van der Waals surface area contributed by atoms with Crippen molar-refractivity contribution >= 4 is 17.7 Å². The van der Waals surface area contributed by atoms with Crippen LogP contribution in [0.3, 0.4) is 0 Å². The normalized spacial score (nSPS) is 20.8. The average molecular weight is 253 g/mol. The molecular formula is C13H23N3S. The summed E-state index contributed by atoms with van der Waals surface area (Å²) in [6, 6.07) is 0. The highest BCUT2D eigenvalue weighted by atomic mass is 32.2. The number of imidazole rings is 1.